The molecule has 0 aliphatic heterocycles. The van der Waals surface area contributed by atoms with E-state index in [4.69, 9.17) is 26.8 Å². The van der Waals surface area contributed by atoms with Crippen LogP contribution < -0.4 is 0 Å². The van der Waals surface area contributed by atoms with Crippen molar-refractivity contribution in [3.63, 3.8) is 0 Å². The fourth-order valence-electron chi connectivity index (χ4n) is 0.342. The summed E-state index contributed by atoms with van der Waals surface area (Å²) >= 11 is -2.22. The van der Waals surface area contributed by atoms with Gasteiger partial charge in [-0.05, 0) is 6.07 Å². The van der Waals surface area contributed by atoms with E-state index in [1.807, 2.05) is 30.3 Å². The quantitative estimate of drug-likeness (QED) is 0.647. The van der Waals surface area contributed by atoms with E-state index in [9.17, 15) is 0 Å². The Morgan fingerprint density at radius 1 is 0.900 bits per heavy atom. The minimum absolute atomic E-state index is 1.88. The standard InChI is InChI=1S/C6H5.3ClH.Sn.H/c1-2-4-6-5-3-1;;;;;/h1-5H;3*1H;;/q;;;;+3;/p-3. The van der Waals surface area contributed by atoms with Gasteiger partial charge in [-0.3, -0.25) is 0 Å². The first-order valence-corrected chi connectivity index (χ1v) is 15.1. The largest absolute Gasteiger partial charge is 0.0622 e. The van der Waals surface area contributed by atoms with Crippen molar-refractivity contribution in [1.29, 1.82) is 0 Å². The zero-order chi connectivity index (χ0) is 7.82. The average Bonchev–Trinajstić information content (AvgIpc) is 1.90. The fraction of sp³-hybridized carbons (Fsp3) is 0. The van der Waals surface area contributed by atoms with Crippen molar-refractivity contribution >= 4 is 43.1 Å². The van der Waals surface area contributed by atoms with Crippen LogP contribution in [0.1, 0.15) is 0 Å². The molecular formula is C6H6Cl3Sn. The minimum atomic E-state index is -2.22. The molecule has 0 atom stereocenters. The monoisotopic (exact) mass is 303 g/mol. The topological polar surface area (TPSA) is 0 Å². The predicted molar refractivity (Wildman–Crippen MR) is 50.0 cm³/mol. The fourth-order valence-corrected chi connectivity index (χ4v) is 0.342. The zero-order valence-corrected chi connectivity index (χ0v) is 10.7. The third-order valence-electron chi connectivity index (χ3n) is 0.607. The predicted octanol–water partition coefficient (Wildman–Crippen LogP) is 2.91. The molecule has 0 unspecified atom stereocenters. The molecule has 1 rings (SSSR count). The maximum atomic E-state index is 5.02. The molecule has 0 aliphatic rings. The minimum Gasteiger partial charge on any atom is -0.0622 e. The summed E-state index contributed by atoms with van der Waals surface area (Å²) < 4.78 is 0. The summed E-state index contributed by atoms with van der Waals surface area (Å²) in [6.45, 7) is 0. The van der Waals surface area contributed by atoms with E-state index in [1.165, 1.54) is 0 Å². The Labute approximate surface area is 79.0 Å². The smallest absolute Gasteiger partial charge is 0.0184 e. The summed E-state index contributed by atoms with van der Waals surface area (Å²) in [5.41, 5.74) is 0. The van der Waals surface area contributed by atoms with Gasteiger partial charge in [-0.2, -0.15) is 0 Å². The molecule has 0 saturated heterocycles. The van der Waals surface area contributed by atoms with Gasteiger partial charge in [0.05, 0.1) is 0 Å². The summed E-state index contributed by atoms with van der Waals surface area (Å²) in [5.74, 6) is 0. The number of hydrogen-bond donors (Lipinski definition) is 0. The van der Waals surface area contributed by atoms with E-state index in [-0.39, 0.29) is 0 Å². The second kappa shape index (κ2) is 7.99. The molecule has 1 aromatic carbocycles. The van der Waals surface area contributed by atoms with Crippen molar-refractivity contribution in [2.45, 2.75) is 0 Å². The molecule has 0 aromatic heterocycles. The van der Waals surface area contributed by atoms with Gasteiger partial charge in [0.15, 0.2) is 0 Å². The molecule has 0 heterocycles. The molecule has 4 heteroatoms. The molecule has 0 N–H and O–H groups in total. The van der Waals surface area contributed by atoms with Crippen LogP contribution >= 0.6 is 26.8 Å². The SMILES string of the molecule is [Cl][SnH]([Cl])[Cl].[c]1ccccc1. The van der Waals surface area contributed by atoms with Crippen LogP contribution in [0.2, 0.25) is 0 Å². The first-order valence-electron chi connectivity index (χ1n) is 2.57. The first kappa shape index (κ1) is 10.9. The van der Waals surface area contributed by atoms with Crippen LogP contribution in [0.4, 0.5) is 0 Å². The maximum absolute atomic E-state index is 5.02. The Balaban J connectivity index is 0.000000180. The summed E-state index contributed by atoms with van der Waals surface area (Å²) in [6, 6.07) is 12.5. The summed E-state index contributed by atoms with van der Waals surface area (Å²) in [4.78, 5) is 0. The van der Waals surface area contributed by atoms with Crippen molar-refractivity contribution in [2.24, 2.45) is 0 Å². The van der Waals surface area contributed by atoms with Gasteiger partial charge in [0.1, 0.15) is 0 Å². The zero-order valence-electron chi connectivity index (χ0n) is 5.10. The van der Waals surface area contributed by atoms with E-state index >= 15 is 0 Å². The third kappa shape index (κ3) is 11.7. The molecule has 0 bridgehead atoms. The van der Waals surface area contributed by atoms with Gasteiger partial charge in [0, 0.05) is 0 Å². The Bertz CT molecular complexity index is 113. The molecule has 0 spiro atoms. The molecule has 0 amide bonds. The van der Waals surface area contributed by atoms with Crippen molar-refractivity contribution < 1.29 is 0 Å². The van der Waals surface area contributed by atoms with E-state index in [1.54, 1.807) is 0 Å². The summed E-state index contributed by atoms with van der Waals surface area (Å²) in [5, 5.41) is 0. The van der Waals surface area contributed by atoms with Crippen molar-refractivity contribution in [3.8, 4) is 0 Å². The van der Waals surface area contributed by atoms with Crippen molar-refractivity contribution in [2.75, 3.05) is 0 Å². The van der Waals surface area contributed by atoms with Gasteiger partial charge >= 0.3 is 43.1 Å². The molecule has 1 radical (unpaired) electrons. The number of halogens is 3. The number of hydrogen-bond acceptors (Lipinski definition) is 0. The molecule has 0 nitrogen and oxygen atoms in total. The summed E-state index contributed by atoms with van der Waals surface area (Å²) in [7, 11) is 15.0. The van der Waals surface area contributed by atoms with E-state index in [0.29, 0.717) is 0 Å². The van der Waals surface area contributed by atoms with Crippen molar-refractivity contribution in [3.05, 3.63) is 36.4 Å². The van der Waals surface area contributed by atoms with E-state index < -0.39 is 16.4 Å². The average molecular weight is 303 g/mol. The van der Waals surface area contributed by atoms with Crippen LogP contribution in [0.25, 0.3) is 0 Å². The Morgan fingerprint density at radius 3 is 1.40 bits per heavy atom. The second-order valence-electron chi connectivity index (χ2n) is 1.32. The molecule has 0 fully saturated rings. The molecule has 10 heavy (non-hydrogen) atoms. The van der Waals surface area contributed by atoms with Crippen LogP contribution in [0.3, 0.4) is 0 Å². The van der Waals surface area contributed by atoms with Gasteiger partial charge in [-0.1, -0.05) is 30.3 Å². The van der Waals surface area contributed by atoms with Gasteiger partial charge in [-0.15, -0.1) is 0 Å². The van der Waals surface area contributed by atoms with Gasteiger partial charge in [0.2, 0.25) is 0 Å². The Kier molecular flexibility index (Phi) is 8.70. The Morgan fingerprint density at radius 2 is 1.30 bits per heavy atom. The van der Waals surface area contributed by atoms with Gasteiger partial charge < -0.3 is 0 Å². The van der Waals surface area contributed by atoms with Crippen LogP contribution in [0, 0.1) is 6.07 Å². The van der Waals surface area contributed by atoms with E-state index in [0.717, 1.165) is 0 Å². The number of benzene rings is 1. The van der Waals surface area contributed by atoms with Crippen molar-refractivity contribution in [1.82, 2.24) is 0 Å². The molecule has 55 valence electrons. The maximum Gasteiger partial charge on any atom is -0.0184 e. The van der Waals surface area contributed by atoms with Crippen LogP contribution in [0.15, 0.2) is 30.3 Å². The van der Waals surface area contributed by atoms with Crippen LogP contribution in [-0.4, -0.2) is 16.4 Å². The molecular weight excluding hydrogens is 297 g/mol. The number of rotatable bonds is 0. The van der Waals surface area contributed by atoms with Gasteiger partial charge in [-0.25, -0.2) is 0 Å². The van der Waals surface area contributed by atoms with Crippen LogP contribution in [-0.2, 0) is 0 Å². The molecule has 0 aliphatic carbocycles. The molecule has 1 aromatic rings. The molecule has 0 saturated carbocycles. The van der Waals surface area contributed by atoms with Gasteiger partial charge in [0.25, 0.3) is 0 Å². The third-order valence-corrected chi connectivity index (χ3v) is 0.607. The van der Waals surface area contributed by atoms with Crippen LogP contribution in [0.5, 0.6) is 0 Å². The first-order chi connectivity index (χ1) is 4.73. The Hall–Kier alpha value is 0.889. The second-order valence-corrected chi connectivity index (χ2v) is 16.0. The van der Waals surface area contributed by atoms with E-state index in [2.05, 4.69) is 6.07 Å². The normalized spacial score (nSPS) is 8.40. The summed E-state index contributed by atoms with van der Waals surface area (Å²) in [6.07, 6.45) is 0.